The van der Waals surface area contributed by atoms with E-state index < -0.39 is 0 Å². The quantitative estimate of drug-likeness (QED) is 0.664. The Morgan fingerprint density at radius 3 is 2.63 bits per heavy atom. The Hall–Kier alpha value is -2.24. The lowest BCUT2D eigenvalue weighted by atomic mass is 10.0. The Bertz CT molecular complexity index is 996. The molecule has 0 aliphatic carbocycles. The molecule has 140 valence electrons. The van der Waals surface area contributed by atoms with E-state index in [4.69, 9.17) is 0 Å². The predicted molar refractivity (Wildman–Crippen MR) is 112 cm³/mol. The molecule has 1 aromatic carbocycles. The van der Waals surface area contributed by atoms with Gasteiger partial charge in [0.1, 0.15) is 4.83 Å². The van der Waals surface area contributed by atoms with Crippen LogP contribution in [0.5, 0.6) is 0 Å². The Labute approximate surface area is 164 Å². The lowest BCUT2D eigenvalue weighted by molar-refractivity contribution is 0.0502. The summed E-state index contributed by atoms with van der Waals surface area (Å²) in [5, 5.41) is 1.14. The molecule has 1 aliphatic rings. The van der Waals surface area contributed by atoms with Crippen LogP contribution in [0.3, 0.4) is 0 Å². The van der Waals surface area contributed by atoms with E-state index in [1.165, 1.54) is 22.5 Å². The highest BCUT2D eigenvalue weighted by Gasteiger charge is 2.32. The fourth-order valence-corrected chi connectivity index (χ4v) is 5.34. The van der Waals surface area contributed by atoms with E-state index in [-0.39, 0.29) is 11.9 Å². The molecule has 0 unspecified atom stereocenters. The standard InChI is InChI=1S/C22H25N3OS/c1-14-12-15(2)23-21-19(14)16(3)20(27-21)22(26)25-11-10-24(4)13-18(25)17-8-6-5-7-9-17/h5-9,12,18H,10-11,13H2,1-4H3/t18-/m0/s1. The molecule has 0 radical (unpaired) electrons. The van der Waals surface area contributed by atoms with Crippen molar-refractivity contribution in [3.8, 4) is 0 Å². The van der Waals surface area contributed by atoms with Crippen molar-refractivity contribution in [1.82, 2.24) is 14.8 Å². The number of amides is 1. The molecule has 1 aliphatic heterocycles. The van der Waals surface area contributed by atoms with Crippen LogP contribution in [0.4, 0.5) is 0 Å². The predicted octanol–water partition coefficient (Wildman–Crippen LogP) is 4.35. The van der Waals surface area contributed by atoms with Gasteiger partial charge in [0.05, 0.1) is 10.9 Å². The van der Waals surface area contributed by atoms with Crippen molar-refractivity contribution in [3.63, 3.8) is 0 Å². The average Bonchev–Trinajstić information content (AvgIpc) is 2.98. The van der Waals surface area contributed by atoms with Crippen molar-refractivity contribution < 1.29 is 4.79 Å². The number of aromatic nitrogens is 1. The molecule has 1 amide bonds. The number of benzene rings is 1. The summed E-state index contributed by atoms with van der Waals surface area (Å²) in [6, 6.07) is 12.5. The summed E-state index contributed by atoms with van der Waals surface area (Å²) in [7, 11) is 2.12. The number of fused-ring (bicyclic) bond motifs is 1. The van der Waals surface area contributed by atoms with Crippen LogP contribution in [-0.4, -0.2) is 47.4 Å². The molecule has 1 atom stereocenters. The third-order valence-corrected chi connectivity index (χ3v) is 6.62. The van der Waals surface area contributed by atoms with Crippen LogP contribution in [0.25, 0.3) is 10.2 Å². The van der Waals surface area contributed by atoms with E-state index in [2.05, 4.69) is 53.9 Å². The summed E-state index contributed by atoms with van der Waals surface area (Å²) in [6.07, 6.45) is 0. The molecule has 0 spiro atoms. The van der Waals surface area contributed by atoms with E-state index in [1.54, 1.807) is 0 Å². The number of hydrogen-bond acceptors (Lipinski definition) is 4. The lowest BCUT2D eigenvalue weighted by Gasteiger charge is -2.40. The minimum Gasteiger partial charge on any atom is -0.328 e. The van der Waals surface area contributed by atoms with E-state index in [0.717, 1.165) is 46.0 Å². The summed E-state index contributed by atoms with van der Waals surface area (Å²) < 4.78 is 0. The van der Waals surface area contributed by atoms with Gasteiger partial charge in [0.2, 0.25) is 0 Å². The molecule has 4 nitrogen and oxygen atoms in total. The summed E-state index contributed by atoms with van der Waals surface area (Å²) >= 11 is 1.54. The summed E-state index contributed by atoms with van der Waals surface area (Å²) in [6.45, 7) is 8.67. The van der Waals surface area contributed by atoms with Gasteiger partial charge in [-0.1, -0.05) is 30.3 Å². The molecule has 0 N–H and O–H groups in total. The normalized spacial score (nSPS) is 18.2. The van der Waals surface area contributed by atoms with Crippen LogP contribution in [0.1, 0.15) is 38.1 Å². The molecule has 3 aromatic rings. The number of likely N-dealkylation sites (N-methyl/N-ethyl adjacent to an activating group) is 1. The molecule has 2 aromatic heterocycles. The maximum absolute atomic E-state index is 13.6. The number of rotatable bonds is 2. The lowest BCUT2D eigenvalue weighted by Crippen LogP contribution is -2.49. The van der Waals surface area contributed by atoms with Crippen molar-refractivity contribution in [2.45, 2.75) is 26.8 Å². The Balaban J connectivity index is 1.76. The zero-order valence-corrected chi connectivity index (χ0v) is 17.1. The van der Waals surface area contributed by atoms with Gasteiger partial charge in [-0.05, 0) is 50.6 Å². The van der Waals surface area contributed by atoms with Crippen LogP contribution in [-0.2, 0) is 0 Å². The molecule has 5 heteroatoms. The minimum atomic E-state index is 0.0813. The first-order chi connectivity index (χ1) is 13.0. The SMILES string of the molecule is Cc1cc(C)c2c(C)c(C(=O)N3CCN(C)C[C@H]3c3ccccc3)sc2n1. The van der Waals surface area contributed by atoms with Crippen LogP contribution in [0, 0.1) is 20.8 Å². The topological polar surface area (TPSA) is 36.4 Å². The van der Waals surface area contributed by atoms with Crippen LogP contribution in [0.2, 0.25) is 0 Å². The fourth-order valence-electron chi connectivity index (χ4n) is 4.08. The van der Waals surface area contributed by atoms with Gasteiger partial charge in [-0.2, -0.15) is 0 Å². The maximum atomic E-state index is 13.6. The molecular formula is C22H25N3OS. The second-order valence-corrected chi connectivity index (χ2v) is 8.50. The van der Waals surface area contributed by atoms with Gasteiger partial charge in [0, 0.05) is 30.7 Å². The van der Waals surface area contributed by atoms with Crippen molar-refractivity contribution in [2.75, 3.05) is 26.7 Å². The number of pyridine rings is 1. The number of piperazine rings is 1. The zero-order valence-electron chi connectivity index (χ0n) is 16.3. The first-order valence-electron chi connectivity index (χ1n) is 9.37. The molecule has 3 heterocycles. The van der Waals surface area contributed by atoms with Gasteiger partial charge >= 0.3 is 0 Å². The van der Waals surface area contributed by atoms with Gasteiger partial charge in [-0.15, -0.1) is 11.3 Å². The highest BCUT2D eigenvalue weighted by Crippen LogP contribution is 2.35. The number of nitrogens with zero attached hydrogens (tertiary/aromatic N) is 3. The first-order valence-corrected chi connectivity index (χ1v) is 10.2. The number of thiophene rings is 1. The van der Waals surface area contributed by atoms with E-state index in [1.807, 2.05) is 25.1 Å². The second-order valence-electron chi connectivity index (χ2n) is 7.50. The average molecular weight is 380 g/mol. The second kappa shape index (κ2) is 7.06. The number of aryl methyl sites for hydroxylation is 3. The first kappa shape index (κ1) is 18.1. The van der Waals surface area contributed by atoms with Gasteiger partial charge < -0.3 is 9.80 Å². The van der Waals surface area contributed by atoms with Crippen molar-refractivity contribution >= 4 is 27.5 Å². The largest absolute Gasteiger partial charge is 0.328 e. The summed E-state index contributed by atoms with van der Waals surface area (Å²) in [4.78, 5) is 24.4. The molecule has 0 bridgehead atoms. The summed E-state index contributed by atoms with van der Waals surface area (Å²) in [5.41, 5.74) is 4.46. The molecule has 27 heavy (non-hydrogen) atoms. The third-order valence-electron chi connectivity index (χ3n) is 5.45. The van der Waals surface area contributed by atoms with Gasteiger partial charge in [0.25, 0.3) is 5.91 Å². The molecule has 1 fully saturated rings. The van der Waals surface area contributed by atoms with Crippen LogP contribution < -0.4 is 0 Å². The van der Waals surface area contributed by atoms with Crippen molar-refractivity contribution in [1.29, 1.82) is 0 Å². The summed E-state index contributed by atoms with van der Waals surface area (Å²) in [5.74, 6) is 0.134. The highest BCUT2D eigenvalue weighted by atomic mass is 32.1. The maximum Gasteiger partial charge on any atom is 0.264 e. The van der Waals surface area contributed by atoms with E-state index in [0.29, 0.717) is 0 Å². The number of hydrogen-bond donors (Lipinski definition) is 0. The highest BCUT2D eigenvalue weighted by molar-refractivity contribution is 7.20. The number of carbonyl (C=O) groups is 1. The number of carbonyl (C=O) groups excluding carboxylic acids is 1. The van der Waals surface area contributed by atoms with E-state index in [9.17, 15) is 4.79 Å². The van der Waals surface area contributed by atoms with Crippen molar-refractivity contribution in [2.24, 2.45) is 0 Å². The minimum absolute atomic E-state index is 0.0813. The smallest absolute Gasteiger partial charge is 0.264 e. The van der Waals surface area contributed by atoms with Gasteiger partial charge in [0.15, 0.2) is 0 Å². The van der Waals surface area contributed by atoms with Crippen LogP contribution >= 0.6 is 11.3 Å². The Kier molecular flexibility index (Phi) is 4.74. The molecule has 4 rings (SSSR count). The molecular weight excluding hydrogens is 354 g/mol. The van der Waals surface area contributed by atoms with E-state index >= 15 is 0 Å². The zero-order chi connectivity index (χ0) is 19.1. The van der Waals surface area contributed by atoms with Crippen molar-refractivity contribution in [3.05, 3.63) is 63.7 Å². The fraction of sp³-hybridized carbons (Fsp3) is 0.364. The Morgan fingerprint density at radius 2 is 1.89 bits per heavy atom. The van der Waals surface area contributed by atoms with Gasteiger partial charge in [-0.3, -0.25) is 4.79 Å². The van der Waals surface area contributed by atoms with Gasteiger partial charge in [-0.25, -0.2) is 4.98 Å². The third kappa shape index (κ3) is 3.26. The van der Waals surface area contributed by atoms with Crippen LogP contribution in [0.15, 0.2) is 36.4 Å². The molecule has 1 saturated heterocycles. The monoisotopic (exact) mass is 379 g/mol. The Morgan fingerprint density at radius 1 is 1.15 bits per heavy atom. The molecule has 0 saturated carbocycles.